The maximum atomic E-state index is 13.2. The zero-order chi connectivity index (χ0) is 26.9. The van der Waals surface area contributed by atoms with E-state index in [-0.39, 0.29) is 18.8 Å². The molecule has 1 aliphatic heterocycles. The van der Waals surface area contributed by atoms with Crippen molar-refractivity contribution in [1.82, 2.24) is 29.6 Å². The molecule has 3 aromatic rings. The van der Waals surface area contributed by atoms with E-state index in [4.69, 9.17) is 19.1 Å². The molecule has 38 heavy (non-hydrogen) atoms. The Hall–Kier alpha value is -3.57. The standard InChI is InChI=1S/C26H31F3N6O3/c1-3-35-16(2)23-33-20(17-8-9-17)21(38-23)19-15-34-13-12-30-22(34)24(32-19)37-14-6-4-5-7-18(31-25(35)36)10-11-26(27,28)29/h4-5,12-13,15-18H,3,6-11,14H2,1-2H3,(H,31,36)/b5-4+. The van der Waals surface area contributed by atoms with Gasteiger partial charge in [0.2, 0.25) is 11.5 Å². The molecule has 0 aromatic carbocycles. The van der Waals surface area contributed by atoms with Gasteiger partial charge >= 0.3 is 12.2 Å². The van der Waals surface area contributed by atoms with Gasteiger partial charge in [-0.3, -0.25) is 0 Å². The highest BCUT2D eigenvalue weighted by Crippen LogP contribution is 2.45. The highest BCUT2D eigenvalue weighted by Gasteiger charge is 2.35. The summed E-state index contributed by atoms with van der Waals surface area (Å²) in [4.78, 5) is 28.6. The molecule has 2 atom stereocenters. The smallest absolute Gasteiger partial charge is 0.389 e. The molecule has 4 bridgehead atoms. The fraction of sp³-hybridized carbons (Fsp3) is 0.538. The van der Waals surface area contributed by atoms with Crippen LogP contribution in [0.4, 0.5) is 18.0 Å². The average Bonchev–Trinajstić information content (AvgIpc) is 3.43. The Labute approximate surface area is 218 Å². The lowest BCUT2D eigenvalue weighted by Gasteiger charge is -2.29. The van der Waals surface area contributed by atoms with Crippen LogP contribution in [0.3, 0.4) is 0 Å². The Bertz CT molecular complexity index is 1310. The summed E-state index contributed by atoms with van der Waals surface area (Å²) >= 11 is 0. The second kappa shape index (κ2) is 10.7. The number of carbonyl (C=O) groups is 1. The zero-order valence-corrected chi connectivity index (χ0v) is 21.4. The Kier molecular flexibility index (Phi) is 7.31. The minimum atomic E-state index is -4.31. The molecule has 2 amide bonds. The lowest BCUT2D eigenvalue weighted by atomic mass is 10.1. The van der Waals surface area contributed by atoms with Crippen LogP contribution in [0.25, 0.3) is 17.1 Å². The van der Waals surface area contributed by atoms with E-state index in [0.29, 0.717) is 48.4 Å². The Morgan fingerprint density at radius 1 is 1.21 bits per heavy atom. The number of imidazole rings is 1. The first-order valence-corrected chi connectivity index (χ1v) is 13.0. The van der Waals surface area contributed by atoms with E-state index >= 15 is 0 Å². The van der Waals surface area contributed by atoms with Gasteiger partial charge in [0.15, 0.2) is 5.76 Å². The normalized spacial score (nSPS) is 22.1. The van der Waals surface area contributed by atoms with Gasteiger partial charge in [-0.25, -0.2) is 19.7 Å². The van der Waals surface area contributed by atoms with Crippen LogP contribution in [0.2, 0.25) is 0 Å². The monoisotopic (exact) mass is 532 g/mol. The Morgan fingerprint density at radius 3 is 2.76 bits per heavy atom. The SMILES string of the molecule is CCN1C(=O)NC(CCC(F)(F)F)C/C=C/CCOc2nc(cn3ccnc23)-c2oc(nc2C2CC2)C1C. The van der Waals surface area contributed by atoms with E-state index in [0.717, 1.165) is 18.5 Å². The van der Waals surface area contributed by atoms with Crippen LogP contribution < -0.4 is 10.1 Å². The summed E-state index contributed by atoms with van der Waals surface area (Å²) in [6.45, 7) is 4.23. The minimum Gasteiger partial charge on any atom is -0.475 e. The van der Waals surface area contributed by atoms with Crippen molar-refractivity contribution in [2.75, 3.05) is 13.2 Å². The highest BCUT2D eigenvalue weighted by molar-refractivity contribution is 5.75. The molecule has 1 saturated carbocycles. The molecule has 0 spiro atoms. The van der Waals surface area contributed by atoms with E-state index < -0.39 is 30.7 Å². The third-order valence-corrected chi connectivity index (χ3v) is 6.85. The lowest BCUT2D eigenvalue weighted by molar-refractivity contribution is -0.136. The molecular weight excluding hydrogens is 501 g/mol. The van der Waals surface area contributed by atoms with Gasteiger partial charge in [0.05, 0.1) is 12.3 Å². The fourth-order valence-corrected chi connectivity index (χ4v) is 4.63. The van der Waals surface area contributed by atoms with Crippen molar-refractivity contribution in [3.63, 3.8) is 0 Å². The van der Waals surface area contributed by atoms with E-state index in [1.54, 1.807) is 25.4 Å². The second-order valence-corrected chi connectivity index (χ2v) is 9.74. The van der Waals surface area contributed by atoms with Crippen LogP contribution >= 0.6 is 0 Å². The quantitative estimate of drug-likeness (QED) is 0.427. The third kappa shape index (κ3) is 5.78. The van der Waals surface area contributed by atoms with Crippen LogP contribution in [0, 0.1) is 0 Å². The minimum absolute atomic E-state index is 0.218. The molecule has 12 heteroatoms. The number of nitrogens with one attached hydrogen (secondary N) is 1. The number of carbonyl (C=O) groups excluding carboxylic acids is 1. The fourth-order valence-electron chi connectivity index (χ4n) is 4.63. The third-order valence-electron chi connectivity index (χ3n) is 6.85. The van der Waals surface area contributed by atoms with Crippen molar-refractivity contribution in [1.29, 1.82) is 0 Å². The number of halogens is 3. The Balaban J connectivity index is 1.52. The number of fused-ring (bicyclic) bond motifs is 7. The summed E-state index contributed by atoms with van der Waals surface area (Å²) in [5.74, 6) is 1.47. The molecule has 2 unspecified atom stereocenters. The number of oxazole rings is 1. The zero-order valence-electron chi connectivity index (χ0n) is 21.4. The van der Waals surface area contributed by atoms with E-state index in [1.807, 2.05) is 23.6 Å². The molecule has 1 fully saturated rings. The summed E-state index contributed by atoms with van der Waals surface area (Å²) in [6, 6.07) is -1.68. The molecule has 2 aliphatic rings. The van der Waals surface area contributed by atoms with Crippen LogP contribution in [0.5, 0.6) is 5.88 Å². The van der Waals surface area contributed by atoms with Crippen molar-refractivity contribution in [2.24, 2.45) is 0 Å². The molecule has 4 heterocycles. The number of aromatic nitrogens is 4. The van der Waals surface area contributed by atoms with Gasteiger partial charge < -0.3 is 23.8 Å². The van der Waals surface area contributed by atoms with Crippen molar-refractivity contribution in [2.45, 2.75) is 76.6 Å². The van der Waals surface area contributed by atoms with E-state index in [1.165, 1.54) is 4.90 Å². The van der Waals surface area contributed by atoms with Gasteiger partial charge in [-0.05, 0) is 46.0 Å². The molecule has 0 saturated heterocycles. The molecule has 0 radical (unpaired) electrons. The first kappa shape index (κ1) is 26.1. The van der Waals surface area contributed by atoms with Gasteiger partial charge in [0, 0.05) is 43.5 Å². The molecule has 3 aromatic heterocycles. The van der Waals surface area contributed by atoms with Crippen molar-refractivity contribution >= 4 is 11.7 Å². The number of urea groups is 1. The molecular formula is C26H31F3N6O3. The average molecular weight is 533 g/mol. The Morgan fingerprint density at radius 2 is 2.03 bits per heavy atom. The van der Waals surface area contributed by atoms with Crippen molar-refractivity contribution in [3.05, 3.63) is 42.3 Å². The maximum Gasteiger partial charge on any atom is 0.389 e. The number of alkyl halides is 3. The summed E-state index contributed by atoms with van der Waals surface area (Å²) in [5.41, 5.74) is 1.90. The van der Waals surface area contributed by atoms with Crippen LogP contribution in [-0.4, -0.2) is 55.7 Å². The van der Waals surface area contributed by atoms with Gasteiger partial charge in [-0.1, -0.05) is 12.2 Å². The van der Waals surface area contributed by atoms with Gasteiger partial charge in [0.25, 0.3) is 5.88 Å². The number of amides is 2. The second-order valence-electron chi connectivity index (χ2n) is 9.74. The van der Waals surface area contributed by atoms with Crippen LogP contribution in [0.15, 0.2) is 35.2 Å². The van der Waals surface area contributed by atoms with E-state index in [2.05, 4.69) is 10.3 Å². The first-order valence-electron chi connectivity index (χ1n) is 13.0. The molecule has 204 valence electrons. The molecule has 1 aliphatic carbocycles. The van der Waals surface area contributed by atoms with Crippen molar-refractivity contribution < 1.29 is 27.1 Å². The highest BCUT2D eigenvalue weighted by atomic mass is 19.4. The van der Waals surface area contributed by atoms with Crippen LogP contribution in [-0.2, 0) is 0 Å². The number of hydrogen-bond acceptors (Lipinski definition) is 6. The number of rotatable bonds is 4. The predicted molar refractivity (Wildman–Crippen MR) is 133 cm³/mol. The van der Waals surface area contributed by atoms with Gasteiger partial charge in [0.1, 0.15) is 11.7 Å². The van der Waals surface area contributed by atoms with Crippen LogP contribution in [0.1, 0.15) is 75.9 Å². The predicted octanol–water partition coefficient (Wildman–Crippen LogP) is 5.79. The largest absolute Gasteiger partial charge is 0.475 e. The molecule has 1 N–H and O–H groups in total. The summed E-state index contributed by atoms with van der Waals surface area (Å²) in [5, 5.41) is 2.80. The summed E-state index contributed by atoms with van der Waals surface area (Å²) < 4.78 is 52.9. The van der Waals surface area contributed by atoms with Gasteiger partial charge in [-0.15, -0.1) is 0 Å². The molecule has 9 nitrogen and oxygen atoms in total. The molecule has 5 rings (SSSR count). The van der Waals surface area contributed by atoms with Gasteiger partial charge in [-0.2, -0.15) is 13.2 Å². The topological polar surface area (TPSA) is 97.8 Å². The summed E-state index contributed by atoms with van der Waals surface area (Å²) in [7, 11) is 0. The lowest BCUT2D eigenvalue weighted by Crippen LogP contribution is -2.46. The van der Waals surface area contributed by atoms with E-state index in [9.17, 15) is 18.0 Å². The number of ether oxygens (including phenoxy) is 1. The first-order chi connectivity index (χ1) is 18.2. The number of hydrogen-bond donors (Lipinski definition) is 1. The van der Waals surface area contributed by atoms with Crippen molar-refractivity contribution in [3.8, 4) is 17.3 Å². The number of nitrogens with zero attached hydrogens (tertiary/aromatic N) is 5. The maximum absolute atomic E-state index is 13.2. The summed E-state index contributed by atoms with van der Waals surface area (Å²) in [6.07, 6.45) is 6.13.